The zero-order valence-electron chi connectivity index (χ0n) is 18.1. The fraction of sp³-hybridized carbons (Fsp3) is 0.391. The summed E-state index contributed by atoms with van der Waals surface area (Å²) in [6.07, 6.45) is 0. The Morgan fingerprint density at radius 1 is 0.933 bits per heavy atom. The highest BCUT2D eigenvalue weighted by atomic mass is 16.5. The topological polar surface area (TPSA) is 79.9 Å². The first kappa shape index (κ1) is 23.2. The SMILES string of the molecule is CCN(CC)C(CNC(=O)CNC(=O)c1cc(OC)cc(OC)c1)c1ccccc1. The van der Waals surface area contributed by atoms with Crippen LogP contribution in [0.5, 0.6) is 11.5 Å². The van der Waals surface area contributed by atoms with Crippen molar-refractivity contribution < 1.29 is 19.1 Å². The quantitative estimate of drug-likeness (QED) is 0.592. The summed E-state index contributed by atoms with van der Waals surface area (Å²) in [5.41, 5.74) is 1.51. The number of benzene rings is 2. The molecule has 30 heavy (non-hydrogen) atoms. The molecule has 0 saturated carbocycles. The van der Waals surface area contributed by atoms with Gasteiger partial charge in [-0.15, -0.1) is 0 Å². The van der Waals surface area contributed by atoms with Crippen molar-refractivity contribution in [2.45, 2.75) is 19.9 Å². The number of nitrogens with one attached hydrogen (secondary N) is 2. The van der Waals surface area contributed by atoms with E-state index in [4.69, 9.17) is 9.47 Å². The number of nitrogens with zero attached hydrogens (tertiary/aromatic N) is 1. The zero-order chi connectivity index (χ0) is 21.9. The number of methoxy groups -OCH3 is 2. The smallest absolute Gasteiger partial charge is 0.251 e. The number of hydrogen-bond acceptors (Lipinski definition) is 5. The first-order valence-electron chi connectivity index (χ1n) is 10.1. The third kappa shape index (κ3) is 6.49. The third-order valence-corrected chi connectivity index (χ3v) is 4.95. The van der Waals surface area contributed by atoms with E-state index in [0.29, 0.717) is 23.6 Å². The lowest BCUT2D eigenvalue weighted by Crippen LogP contribution is -2.42. The number of amides is 2. The van der Waals surface area contributed by atoms with E-state index in [0.717, 1.165) is 18.7 Å². The molecule has 2 aromatic rings. The van der Waals surface area contributed by atoms with Gasteiger partial charge in [0.15, 0.2) is 0 Å². The van der Waals surface area contributed by atoms with Crippen LogP contribution in [-0.2, 0) is 4.79 Å². The molecule has 1 unspecified atom stereocenters. The lowest BCUT2D eigenvalue weighted by Gasteiger charge is -2.30. The Labute approximate surface area is 178 Å². The van der Waals surface area contributed by atoms with E-state index in [-0.39, 0.29) is 24.4 Å². The van der Waals surface area contributed by atoms with E-state index < -0.39 is 0 Å². The van der Waals surface area contributed by atoms with Gasteiger partial charge < -0.3 is 20.1 Å². The number of ether oxygens (including phenoxy) is 2. The van der Waals surface area contributed by atoms with Crippen LogP contribution in [0.1, 0.15) is 35.8 Å². The van der Waals surface area contributed by atoms with Crippen LogP contribution >= 0.6 is 0 Å². The molecule has 2 amide bonds. The molecule has 1 atom stereocenters. The van der Waals surface area contributed by atoms with Gasteiger partial charge in [0.05, 0.1) is 26.8 Å². The largest absolute Gasteiger partial charge is 0.497 e. The molecule has 0 bridgehead atoms. The van der Waals surface area contributed by atoms with E-state index in [1.54, 1.807) is 18.2 Å². The normalized spacial score (nSPS) is 11.6. The first-order valence-corrected chi connectivity index (χ1v) is 10.1. The van der Waals surface area contributed by atoms with Crippen LogP contribution in [0.25, 0.3) is 0 Å². The van der Waals surface area contributed by atoms with Crippen LogP contribution in [0.2, 0.25) is 0 Å². The summed E-state index contributed by atoms with van der Waals surface area (Å²) in [6.45, 7) is 6.31. The molecule has 7 nitrogen and oxygen atoms in total. The van der Waals surface area contributed by atoms with Crippen molar-refractivity contribution >= 4 is 11.8 Å². The number of rotatable bonds is 11. The lowest BCUT2D eigenvalue weighted by atomic mass is 10.1. The predicted molar refractivity (Wildman–Crippen MR) is 117 cm³/mol. The maximum absolute atomic E-state index is 12.4. The van der Waals surface area contributed by atoms with Crippen LogP contribution in [0.15, 0.2) is 48.5 Å². The third-order valence-electron chi connectivity index (χ3n) is 4.95. The molecule has 2 rings (SSSR count). The fourth-order valence-electron chi connectivity index (χ4n) is 3.27. The molecule has 0 aromatic heterocycles. The Hall–Kier alpha value is -3.06. The highest BCUT2D eigenvalue weighted by Crippen LogP contribution is 2.22. The summed E-state index contributed by atoms with van der Waals surface area (Å²) in [5.74, 6) is 0.403. The van der Waals surface area contributed by atoms with Gasteiger partial charge in [-0.2, -0.15) is 0 Å². The predicted octanol–water partition coefficient (Wildman–Crippen LogP) is 2.63. The Morgan fingerprint density at radius 3 is 2.07 bits per heavy atom. The molecule has 0 aliphatic carbocycles. The fourth-order valence-corrected chi connectivity index (χ4v) is 3.27. The van der Waals surface area contributed by atoms with Gasteiger partial charge >= 0.3 is 0 Å². The van der Waals surface area contributed by atoms with E-state index in [9.17, 15) is 9.59 Å². The van der Waals surface area contributed by atoms with Crippen LogP contribution < -0.4 is 20.1 Å². The van der Waals surface area contributed by atoms with E-state index in [1.165, 1.54) is 14.2 Å². The van der Waals surface area contributed by atoms with E-state index in [2.05, 4.69) is 41.5 Å². The van der Waals surface area contributed by atoms with E-state index in [1.807, 2.05) is 18.2 Å². The summed E-state index contributed by atoms with van der Waals surface area (Å²) >= 11 is 0. The van der Waals surface area contributed by atoms with Crippen molar-refractivity contribution in [2.75, 3.05) is 40.4 Å². The summed E-state index contributed by atoms with van der Waals surface area (Å²) in [6, 6.07) is 15.0. The maximum atomic E-state index is 12.4. The van der Waals surface area contributed by atoms with Gasteiger partial charge in [0.25, 0.3) is 5.91 Å². The zero-order valence-corrected chi connectivity index (χ0v) is 18.1. The maximum Gasteiger partial charge on any atom is 0.251 e. The Bertz CT molecular complexity index is 800. The van der Waals surface area contributed by atoms with Crippen LogP contribution in [-0.4, -0.2) is 57.1 Å². The van der Waals surface area contributed by atoms with Gasteiger partial charge in [-0.1, -0.05) is 44.2 Å². The summed E-state index contributed by atoms with van der Waals surface area (Å²) < 4.78 is 10.4. The minimum atomic E-state index is -0.370. The summed E-state index contributed by atoms with van der Waals surface area (Å²) in [5, 5.41) is 5.58. The molecule has 0 radical (unpaired) electrons. The number of likely N-dealkylation sites (N-methyl/N-ethyl adjacent to an activating group) is 1. The molecule has 2 aromatic carbocycles. The van der Waals surface area contributed by atoms with Gasteiger partial charge in [0.2, 0.25) is 5.91 Å². The van der Waals surface area contributed by atoms with Crippen LogP contribution in [0.3, 0.4) is 0 Å². The second kappa shape index (κ2) is 11.8. The van der Waals surface area contributed by atoms with Crippen molar-refractivity contribution in [2.24, 2.45) is 0 Å². The summed E-state index contributed by atoms with van der Waals surface area (Å²) in [4.78, 5) is 27.1. The molecule has 0 spiro atoms. The molecular weight excluding hydrogens is 382 g/mol. The molecule has 162 valence electrons. The average Bonchev–Trinajstić information content (AvgIpc) is 2.80. The molecule has 0 saturated heterocycles. The highest BCUT2D eigenvalue weighted by Gasteiger charge is 2.19. The van der Waals surface area contributed by atoms with Gasteiger partial charge in [0, 0.05) is 18.2 Å². The Kier molecular flexibility index (Phi) is 9.15. The molecule has 7 heteroatoms. The average molecular weight is 414 g/mol. The summed E-state index contributed by atoms with van der Waals surface area (Å²) in [7, 11) is 3.03. The number of carbonyl (C=O) groups is 2. The van der Waals surface area contributed by atoms with E-state index >= 15 is 0 Å². The highest BCUT2D eigenvalue weighted by molar-refractivity contribution is 5.97. The Balaban J connectivity index is 1.95. The minimum absolute atomic E-state index is 0.0727. The molecule has 0 aliphatic heterocycles. The van der Waals surface area contributed by atoms with Crippen molar-refractivity contribution in [3.8, 4) is 11.5 Å². The Morgan fingerprint density at radius 2 is 1.53 bits per heavy atom. The van der Waals surface area contributed by atoms with Gasteiger partial charge in [-0.05, 0) is 30.8 Å². The van der Waals surface area contributed by atoms with Gasteiger partial charge in [-0.3, -0.25) is 14.5 Å². The molecule has 2 N–H and O–H groups in total. The second-order valence-corrected chi connectivity index (χ2v) is 6.74. The monoisotopic (exact) mass is 413 g/mol. The van der Waals surface area contributed by atoms with Crippen molar-refractivity contribution in [1.29, 1.82) is 0 Å². The number of carbonyl (C=O) groups excluding carboxylic acids is 2. The van der Waals surface area contributed by atoms with Crippen molar-refractivity contribution in [3.63, 3.8) is 0 Å². The van der Waals surface area contributed by atoms with Gasteiger partial charge in [0.1, 0.15) is 11.5 Å². The van der Waals surface area contributed by atoms with Crippen LogP contribution in [0, 0.1) is 0 Å². The van der Waals surface area contributed by atoms with Gasteiger partial charge in [-0.25, -0.2) is 0 Å². The standard InChI is InChI=1S/C23H31N3O4/c1-5-26(6-2)21(17-10-8-7-9-11-17)15-24-22(27)16-25-23(28)18-12-19(29-3)14-20(13-18)30-4/h7-14,21H,5-6,15-16H2,1-4H3,(H,24,27)(H,25,28). The van der Waals surface area contributed by atoms with Crippen molar-refractivity contribution in [1.82, 2.24) is 15.5 Å². The van der Waals surface area contributed by atoms with Crippen LogP contribution in [0.4, 0.5) is 0 Å². The minimum Gasteiger partial charge on any atom is -0.497 e. The first-order chi connectivity index (χ1) is 14.5. The number of hydrogen-bond donors (Lipinski definition) is 2. The molecule has 0 heterocycles. The second-order valence-electron chi connectivity index (χ2n) is 6.74. The van der Waals surface area contributed by atoms with Crippen molar-refractivity contribution in [3.05, 3.63) is 59.7 Å². The molecule has 0 aliphatic rings. The molecule has 0 fully saturated rings. The molecular formula is C23H31N3O4. The lowest BCUT2D eigenvalue weighted by molar-refractivity contribution is -0.120.